The fraction of sp³-hybridized carbons (Fsp3) is 0.450. The summed E-state index contributed by atoms with van der Waals surface area (Å²) in [6.45, 7) is 6.92. The van der Waals surface area contributed by atoms with Crippen LogP contribution in [0.2, 0.25) is 0 Å². The number of carbonyl (C=O) groups excluding carboxylic acids is 1. The minimum absolute atomic E-state index is 0. The predicted molar refractivity (Wildman–Crippen MR) is 120 cm³/mol. The normalized spacial score (nSPS) is 19.2. The second kappa shape index (κ2) is 10.4. The highest BCUT2D eigenvalue weighted by molar-refractivity contribution is 14.0. The van der Waals surface area contributed by atoms with Crippen molar-refractivity contribution in [2.24, 2.45) is 16.8 Å². The maximum absolute atomic E-state index is 11.9. The molecule has 7 nitrogen and oxygen atoms in total. The first kappa shape index (κ1) is 22.2. The summed E-state index contributed by atoms with van der Waals surface area (Å²) in [5, 5.41) is 7.57. The highest BCUT2D eigenvalue weighted by Gasteiger charge is 2.36. The molecule has 0 radical (unpaired) electrons. The highest BCUT2D eigenvalue weighted by Crippen LogP contribution is 2.24. The van der Waals surface area contributed by atoms with Crippen molar-refractivity contribution in [1.29, 1.82) is 0 Å². The van der Waals surface area contributed by atoms with E-state index in [9.17, 15) is 4.79 Å². The van der Waals surface area contributed by atoms with Crippen LogP contribution < -0.4 is 5.32 Å². The summed E-state index contributed by atoms with van der Waals surface area (Å²) in [5.74, 6) is 0.837. The van der Waals surface area contributed by atoms with Gasteiger partial charge in [0.25, 0.3) is 0 Å². The number of hydrogen-bond donors (Lipinski definition) is 1. The number of methoxy groups -OCH3 is 1. The lowest BCUT2D eigenvalue weighted by Crippen LogP contribution is -2.40. The molecule has 0 spiro atoms. The van der Waals surface area contributed by atoms with Gasteiger partial charge in [0.2, 0.25) is 0 Å². The Morgan fingerprint density at radius 1 is 1.32 bits per heavy atom. The number of halogens is 1. The fourth-order valence-electron chi connectivity index (χ4n) is 3.37. The Balaban J connectivity index is 0.00000280. The lowest BCUT2D eigenvalue weighted by molar-refractivity contribution is -0.145. The zero-order chi connectivity index (χ0) is 19.2. The summed E-state index contributed by atoms with van der Waals surface area (Å²) in [5.41, 5.74) is 2.15. The molecule has 1 aromatic heterocycles. The van der Waals surface area contributed by atoms with Gasteiger partial charge in [-0.25, -0.2) is 9.67 Å². The molecular weight excluding hydrogens is 469 g/mol. The number of aromatic nitrogens is 2. The molecule has 2 atom stereocenters. The minimum atomic E-state index is -0.143. The van der Waals surface area contributed by atoms with Crippen LogP contribution in [0.3, 0.4) is 0 Å². The average molecular weight is 497 g/mol. The van der Waals surface area contributed by atoms with E-state index in [0.717, 1.165) is 30.3 Å². The number of rotatable bonds is 5. The van der Waals surface area contributed by atoms with Crippen molar-refractivity contribution in [3.8, 4) is 5.69 Å². The molecule has 2 aromatic rings. The zero-order valence-corrected chi connectivity index (χ0v) is 18.9. The smallest absolute Gasteiger partial charge is 0.310 e. The number of hydrogen-bond acceptors (Lipinski definition) is 4. The zero-order valence-electron chi connectivity index (χ0n) is 16.5. The third-order valence-electron chi connectivity index (χ3n) is 4.87. The Morgan fingerprint density at radius 2 is 2.07 bits per heavy atom. The first-order valence-electron chi connectivity index (χ1n) is 9.32. The van der Waals surface area contributed by atoms with E-state index < -0.39 is 0 Å². The van der Waals surface area contributed by atoms with Gasteiger partial charge in [0.1, 0.15) is 0 Å². The molecular formula is C20H28IN5O2. The lowest BCUT2D eigenvalue weighted by atomic mass is 9.99. The van der Waals surface area contributed by atoms with Crippen LogP contribution in [0, 0.1) is 11.8 Å². The van der Waals surface area contributed by atoms with Crippen LogP contribution in [0.5, 0.6) is 0 Å². The summed E-state index contributed by atoms with van der Waals surface area (Å²) >= 11 is 0. The lowest BCUT2D eigenvalue weighted by Gasteiger charge is -2.21. The first-order chi connectivity index (χ1) is 13.1. The molecule has 0 aliphatic carbocycles. The fourth-order valence-corrected chi connectivity index (χ4v) is 3.37. The van der Waals surface area contributed by atoms with E-state index in [2.05, 4.69) is 34.4 Å². The van der Waals surface area contributed by atoms with Crippen molar-refractivity contribution in [3.63, 3.8) is 0 Å². The van der Waals surface area contributed by atoms with Gasteiger partial charge in [-0.05, 0) is 36.6 Å². The van der Waals surface area contributed by atoms with Crippen molar-refractivity contribution >= 4 is 35.9 Å². The molecule has 1 aliphatic rings. The maximum Gasteiger partial charge on any atom is 0.310 e. The average Bonchev–Trinajstić information content (AvgIpc) is 3.35. The van der Waals surface area contributed by atoms with E-state index in [1.165, 1.54) is 7.11 Å². The van der Waals surface area contributed by atoms with Gasteiger partial charge in [0, 0.05) is 32.0 Å². The predicted octanol–water partition coefficient (Wildman–Crippen LogP) is 2.70. The van der Waals surface area contributed by atoms with E-state index in [1.54, 1.807) is 6.20 Å². The van der Waals surface area contributed by atoms with Gasteiger partial charge in [-0.15, -0.1) is 24.0 Å². The van der Waals surface area contributed by atoms with Gasteiger partial charge in [-0.2, -0.15) is 5.10 Å². The van der Waals surface area contributed by atoms with Gasteiger partial charge in [-0.3, -0.25) is 4.79 Å². The third-order valence-corrected chi connectivity index (χ3v) is 4.87. The highest BCUT2D eigenvalue weighted by atomic mass is 127. The molecule has 1 saturated heterocycles. The molecule has 0 bridgehead atoms. The van der Waals surface area contributed by atoms with Crippen LogP contribution in [-0.2, 0) is 16.1 Å². The number of guanidine groups is 1. The Bertz CT molecular complexity index is 776. The molecule has 0 saturated carbocycles. The summed E-state index contributed by atoms with van der Waals surface area (Å²) in [4.78, 5) is 18.9. The van der Waals surface area contributed by atoms with E-state index in [4.69, 9.17) is 9.73 Å². The number of aliphatic imine (C=N–C) groups is 1. The summed E-state index contributed by atoms with van der Waals surface area (Å²) in [6.07, 6.45) is 3.68. The number of nitrogens with one attached hydrogen (secondary N) is 1. The van der Waals surface area contributed by atoms with E-state index in [1.807, 2.05) is 36.0 Å². The number of nitrogens with zero attached hydrogens (tertiary/aromatic N) is 4. The SMILES string of the molecule is CCNC(=NCc1ccc(-n2cccn2)cc1)N1CC(C)C(C(=O)OC)C1.I. The second-order valence-electron chi connectivity index (χ2n) is 6.80. The van der Waals surface area contributed by atoms with Crippen LogP contribution in [0.4, 0.5) is 0 Å². The molecule has 28 heavy (non-hydrogen) atoms. The molecule has 2 heterocycles. The van der Waals surface area contributed by atoms with Gasteiger partial charge in [-0.1, -0.05) is 19.1 Å². The van der Waals surface area contributed by atoms with Gasteiger partial charge in [0.15, 0.2) is 5.96 Å². The maximum atomic E-state index is 11.9. The monoisotopic (exact) mass is 497 g/mol. The van der Waals surface area contributed by atoms with Gasteiger partial charge < -0.3 is 15.0 Å². The summed E-state index contributed by atoms with van der Waals surface area (Å²) < 4.78 is 6.76. The molecule has 3 rings (SSSR count). The molecule has 0 amide bonds. The van der Waals surface area contributed by atoms with E-state index in [0.29, 0.717) is 13.1 Å². The van der Waals surface area contributed by atoms with E-state index >= 15 is 0 Å². The Kier molecular flexibility index (Phi) is 8.28. The van der Waals surface area contributed by atoms with Crippen molar-refractivity contribution in [3.05, 3.63) is 48.3 Å². The largest absolute Gasteiger partial charge is 0.469 e. The minimum Gasteiger partial charge on any atom is -0.469 e. The Hall–Kier alpha value is -2.10. The molecule has 1 aromatic carbocycles. The first-order valence-corrected chi connectivity index (χ1v) is 9.32. The van der Waals surface area contributed by atoms with Crippen LogP contribution in [0.15, 0.2) is 47.7 Å². The molecule has 8 heteroatoms. The van der Waals surface area contributed by atoms with Gasteiger partial charge >= 0.3 is 5.97 Å². The summed E-state index contributed by atoms with van der Waals surface area (Å²) in [7, 11) is 1.45. The van der Waals surface area contributed by atoms with Crippen LogP contribution in [0.1, 0.15) is 19.4 Å². The quantitative estimate of drug-likeness (QED) is 0.298. The Morgan fingerprint density at radius 3 is 2.68 bits per heavy atom. The van der Waals surface area contributed by atoms with Gasteiger partial charge in [0.05, 0.1) is 25.3 Å². The molecule has 2 unspecified atom stereocenters. The third kappa shape index (κ3) is 5.24. The standard InChI is InChI=1S/C20H27N5O2.HI/c1-4-21-20(24-13-15(2)18(14-24)19(26)27-3)22-12-16-6-8-17(9-7-16)25-11-5-10-23-25;/h5-11,15,18H,4,12-14H2,1-3H3,(H,21,22);1H. The topological polar surface area (TPSA) is 71.8 Å². The van der Waals surface area contributed by atoms with E-state index in [-0.39, 0.29) is 41.8 Å². The number of esters is 1. The second-order valence-corrected chi connectivity index (χ2v) is 6.80. The molecule has 1 aliphatic heterocycles. The van der Waals surface area contributed by atoms with Crippen molar-refractivity contribution in [2.75, 3.05) is 26.7 Å². The van der Waals surface area contributed by atoms with Crippen LogP contribution in [0.25, 0.3) is 5.69 Å². The summed E-state index contributed by atoms with van der Waals surface area (Å²) in [6, 6.07) is 10.1. The van der Waals surface area contributed by atoms with Crippen LogP contribution in [-0.4, -0.2) is 53.4 Å². The number of carbonyl (C=O) groups is 1. The Labute approximate surface area is 183 Å². The number of ether oxygens (including phenoxy) is 1. The number of likely N-dealkylation sites (tertiary alicyclic amines) is 1. The van der Waals surface area contributed by atoms with Crippen LogP contribution >= 0.6 is 24.0 Å². The van der Waals surface area contributed by atoms with Crippen molar-refractivity contribution in [2.45, 2.75) is 20.4 Å². The van der Waals surface area contributed by atoms with Crippen molar-refractivity contribution < 1.29 is 9.53 Å². The number of benzene rings is 1. The molecule has 1 fully saturated rings. The molecule has 152 valence electrons. The molecule has 1 N–H and O–H groups in total. The van der Waals surface area contributed by atoms with Crippen molar-refractivity contribution in [1.82, 2.24) is 20.0 Å².